The first kappa shape index (κ1) is 11.1. The van der Waals surface area contributed by atoms with Crippen LogP contribution in [0.3, 0.4) is 0 Å². The second-order valence-electron chi connectivity index (χ2n) is 3.83. The topological polar surface area (TPSA) is 84.3 Å². The van der Waals surface area contributed by atoms with Crippen molar-refractivity contribution in [2.24, 2.45) is 0 Å². The van der Waals surface area contributed by atoms with Crippen LogP contribution in [0.25, 0.3) is 0 Å². The highest BCUT2D eigenvalue weighted by Gasteiger charge is 2.34. The van der Waals surface area contributed by atoms with Crippen LogP contribution in [0.2, 0.25) is 0 Å². The van der Waals surface area contributed by atoms with Gasteiger partial charge in [0.15, 0.2) is 0 Å². The molecule has 2 rings (SSSR count). The number of aliphatic hydroxyl groups excluding tert-OH is 1. The maximum absolute atomic E-state index is 11.5. The zero-order valence-electron chi connectivity index (χ0n) is 8.92. The minimum atomic E-state index is -0.669. The Kier molecular flexibility index (Phi) is 2.93. The van der Waals surface area contributed by atoms with Crippen molar-refractivity contribution in [3.05, 3.63) is 33.1 Å². The van der Waals surface area contributed by atoms with Gasteiger partial charge < -0.3 is 14.8 Å². The van der Waals surface area contributed by atoms with Crippen LogP contribution in [0.4, 0.5) is 0 Å². The molecule has 0 aromatic carbocycles. The zero-order valence-corrected chi connectivity index (χ0v) is 8.92. The number of rotatable bonds is 2. The molecule has 1 fully saturated rings. The molecule has 6 nitrogen and oxygen atoms in total. The number of aliphatic hydroxyl groups is 1. The molecule has 3 atom stereocenters. The van der Waals surface area contributed by atoms with E-state index in [9.17, 15) is 14.7 Å². The summed E-state index contributed by atoms with van der Waals surface area (Å²) in [5.74, 6) is 0. The first-order chi connectivity index (χ1) is 7.63. The minimum absolute atomic E-state index is 0.269. The molecule has 1 saturated heterocycles. The number of nitrogens with one attached hydrogen (secondary N) is 1. The molecule has 88 valence electrons. The van der Waals surface area contributed by atoms with Crippen LogP contribution in [-0.4, -0.2) is 26.9 Å². The number of hydrogen-bond acceptors (Lipinski definition) is 4. The van der Waals surface area contributed by atoms with Gasteiger partial charge >= 0.3 is 5.69 Å². The van der Waals surface area contributed by atoms with E-state index >= 15 is 0 Å². The molecule has 0 spiro atoms. The predicted molar refractivity (Wildman–Crippen MR) is 56.1 cm³/mol. The maximum Gasteiger partial charge on any atom is 0.330 e. The molecule has 1 aromatic heterocycles. The molecular formula is C10H14N2O4. The summed E-state index contributed by atoms with van der Waals surface area (Å²) in [7, 11) is 0. The normalized spacial score (nSPS) is 29.5. The Morgan fingerprint density at radius 2 is 2.38 bits per heavy atom. The summed E-state index contributed by atoms with van der Waals surface area (Å²) < 4.78 is 6.46. The number of H-pyrrole nitrogens is 1. The smallest absolute Gasteiger partial charge is 0.330 e. The van der Waals surface area contributed by atoms with Crippen molar-refractivity contribution in [1.82, 2.24) is 9.55 Å². The van der Waals surface area contributed by atoms with E-state index in [2.05, 4.69) is 4.98 Å². The largest absolute Gasteiger partial charge is 0.390 e. The van der Waals surface area contributed by atoms with E-state index in [-0.39, 0.29) is 12.5 Å². The average Bonchev–Trinajstić information content (AvgIpc) is 2.59. The molecule has 0 radical (unpaired) electrons. The minimum Gasteiger partial charge on any atom is -0.390 e. The fourth-order valence-electron chi connectivity index (χ4n) is 1.95. The molecule has 2 heterocycles. The third-order valence-corrected chi connectivity index (χ3v) is 2.78. The lowest BCUT2D eigenvalue weighted by Gasteiger charge is -2.13. The Bertz CT molecular complexity index is 450. The van der Waals surface area contributed by atoms with Crippen molar-refractivity contribution >= 4 is 0 Å². The van der Waals surface area contributed by atoms with E-state index in [0.29, 0.717) is 6.42 Å². The second kappa shape index (κ2) is 4.23. The first-order valence-corrected chi connectivity index (χ1v) is 5.27. The molecule has 1 aliphatic heterocycles. The lowest BCUT2D eigenvalue weighted by atomic mass is 10.1. The number of aromatic amines is 1. The highest BCUT2D eigenvalue weighted by Crippen LogP contribution is 2.28. The molecule has 1 aromatic rings. The van der Waals surface area contributed by atoms with Gasteiger partial charge in [0.05, 0.1) is 12.2 Å². The Balaban J connectivity index is 2.34. The molecular weight excluding hydrogens is 212 g/mol. The second-order valence-corrected chi connectivity index (χ2v) is 3.83. The van der Waals surface area contributed by atoms with E-state index in [1.165, 1.54) is 12.3 Å². The van der Waals surface area contributed by atoms with Gasteiger partial charge in [-0.25, -0.2) is 9.36 Å². The lowest BCUT2D eigenvalue weighted by molar-refractivity contribution is -0.0230. The third kappa shape index (κ3) is 1.81. The van der Waals surface area contributed by atoms with Gasteiger partial charge in [0.25, 0.3) is 5.56 Å². The van der Waals surface area contributed by atoms with Crippen LogP contribution < -0.4 is 11.2 Å². The predicted octanol–water partition coefficient (Wildman–Crippen LogP) is -0.405. The maximum atomic E-state index is 11.5. The summed E-state index contributed by atoms with van der Waals surface area (Å²) in [5.41, 5.74) is -0.931. The Labute approximate surface area is 91.5 Å². The lowest BCUT2D eigenvalue weighted by Crippen LogP contribution is -2.37. The molecule has 1 aliphatic rings. The van der Waals surface area contributed by atoms with E-state index < -0.39 is 23.6 Å². The van der Waals surface area contributed by atoms with Crippen LogP contribution in [0.5, 0.6) is 0 Å². The number of hydrogen-bond donors (Lipinski definition) is 2. The van der Waals surface area contributed by atoms with E-state index in [1.54, 1.807) is 0 Å². The van der Waals surface area contributed by atoms with Crippen LogP contribution in [0.15, 0.2) is 21.9 Å². The molecule has 0 saturated carbocycles. The third-order valence-electron chi connectivity index (χ3n) is 2.78. The van der Waals surface area contributed by atoms with Crippen molar-refractivity contribution in [3.8, 4) is 0 Å². The van der Waals surface area contributed by atoms with E-state index in [0.717, 1.165) is 4.57 Å². The van der Waals surface area contributed by atoms with Gasteiger partial charge in [-0.2, -0.15) is 0 Å². The van der Waals surface area contributed by atoms with Crippen molar-refractivity contribution in [3.63, 3.8) is 0 Å². The Hall–Kier alpha value is -1.40. The van der Waals surface area contributed by atoms with Crippen LogP contribution in [0.1, 0.15) is 26.0 Å². The van der Waals surface area contributed by atoms with Gasteiger partial charge in [-0.1, -0.05) is 6.92 Å². The van der Waals surface area contributed by atoms with Gasteiger partial charge in [0.2, 0.25) is 0 Å². The molecule has 6 heteroatoms. The Morgan fingerprint density at radius 1 is 1.62 bits per heavy atom. The number of ether oxygens (including phenoxy) is 1. The van der Waals surface area contributed by atoms with Crippen LogP contribution in [-0.2, 0) is 4.74 Å². The summed E-state index contributed by atoms with van der Waals surface area (Å²) >= 11 is 0. The first-order valence-electron chi connectivity index (χ1n) is 5.27. The van der Waals surface area contributed by atoms with Gasteiger partial charge in [-0.3, -0.25) is 4.79 Å². The fraction of sp³-hybridized carbons (Fsp3) is 0.600. The van der Waals surface area contributed by atoms with Gasteiger partial charge in [-0.05, 0) is 6.42 Å². The molecule has 2 N–H and O–H groups in total. The average molecular weight is 226 g/mol. The van der Waals surface area contributed by atoms with Gasteiger partial charge in [-0.15, -0.1) is 0 Å². The highest BCUT2D eigenvalue weighted by atomic mass is 16.5. The fourth-order valence-corrected chi connectivity index (χ4v) is 1.95. The summed E-state index contributed by atoms with van der Waals surface area (Å²) in [4.78, 5) is 25.4. The quantitative estimate of drug-likeness (QED) is 0.718. The van der Waals surface area contributed by atoms with Crippen LogP contribution in [0, 0.1) is 0 Å². The molecule has 0 aliphatic carbocycles. The van der Waals surface area contributed by atoms with Crippen molar-refractivity contribution in [2.45, 2.75) is 38.2 Å². The standard InChI is InChI=1S/C10H14N2O4/c1-2-7-6(13)5-9(16-7)12-8(14)3-4-11-10(12)15/h3-4,6-7,9,13H,2,5H2,1H3,(H,11,15)/t6?,7-,9-/m1/s1. The van der Waals surface area contributed by atoms with E-state index in [1.807, 2.05) is 6.92 Å². The van der Waals surface area contributed by atoms with Gasteiger partial charge in [0.1, 0.15) is 6.23 Å². The van der Waals surface area contributed by atoms with Crippen LogP contribution >= 0.6 is 0 Å². The van der Waals surface area contributed by atoms with Crippen molar-refractivity contribution < 1.29 is 9.84 Å². The highest BCUT2D eigenvalue weighted by molar-refractivity contribution is 4.88. The molecule has 16 heavy (non-hydrogen) atoms. The summed E-state index contributed by atoms with van der Waals surface area (Å²) in [6.45, 7) is 1.88. The van der Waals surface area contributed by atoms with Crippen molar-refractivity contribution in [1.29, 1.82) is 0 Å². The van der Waals surface area contributed by atoms with E-state index in [4.69, 9.17) is 4.74 Å². The monoisotopic (exact) mass is 226 g/mol. The molecule has 1 unspecified atom stereocenters. The Morgan fingerprint density at radius 3 is 2.94 bits per heavy atom. The number of nitrogens with zero attached hydrogens (tertiary/aromatic N) is 1. The molecule has 0 amide bonds. The number of aromatic nitrogens is 2. The van der Waals surface area contributed by atoms with Crippen molar-refractivity contribution in [2.75, 3.05) is 0 Å². The molecule has 0 bridgehead atoms. The van der Waals surface area contributed by atoms with Gasteiger partial charge in [0, 0.05) is 18.7 Å². The summed E-state index contributed by atoms with van der Waals surface area (Å²) in [5, 5.41) is 9.65. The SMILES string of the molecule is CC[C@H]1O[C@@H](n2c(=O)cc[nH]c2=O)CC1O. The summed E-state index contributed by atoms with van der Waals surface area (Å²) in [6, 6.07) is 1.26. The zero-order chi connectivity index (χ0) is 11.7. The summed E-state index contributed by atoms with van der Waals surface area (Å²) in [6.07, 6.45) is 0.613.